The van der Waals surface area contributed by atoms with Crippen LogP contribution in [0, 0.1) is 0 Å². The van der Waals surface area contributed by atoms with E-state index in [1.54, 1.807) is 32.5 Å². The number of ether oxygens (including phenoxy) is 3. The van der Waals surface area contributed by atoms with E-state index in [2.05, 4.69) is 10.3 Å². The van der Waals surface area contributed by atoms with Crippen molar-refractivity contribution in [3.63, 3.8) is 0 Å². The van der Waals surface area contributed by atoms with Gasteiger partial charge in [0.25, 0.3) is 0 Å². The molecule has 2 aliphatic heterocycles. The second-order valence-corrected chi connectivity index (χ2v) is 9.14. The molecule has 194 valence electrons. The van der Waals surface area contributed by atoms with E-state index in [0.717, 1.165) is 11.4 Å². The lowest BCUT2D eigenvalue weighted by atomic mass is 9.92. The highest BCUT2D eigenvalue weighted by atomic mass is 32.2. The molecule has 0 bridgehead atoms. The number of thioether (sulfide) groups is 1. The van der Waals surface area contributed by atoms with Crippen molar-refractivity contribution in [3.8, 4) is 11.5 Å². The van der Waals surface area contributed by atoms with Gasteiger partial charge in [0.1, 0.15) is 11.5 Å². The Morgan fingerprint density at radius 3 is 2.65 bits per heavy atom. The summed E-state index contributed by atoms with van der Waals surface area (Å²) in [6.07, 6.45) is 3.02. The molecule has 37 heavy (non-hydrogen) atoms. The minimum absolute atomic E-state index is 0.118. The fourth-order valence-corrected chi connectivity index (χ4v) is 5.30. The number of carbonyl (C=O) groups excluding carboxylic acids is 2. The normalized spacial score (nSPS) is 16.5. The van der Waals surface area contributed by atoms with Crippen LogP contribution in [0.4, 0.5) is 0 Å². The number of aromatic nitrogens is 1. The van der Waals surface area contributed by atoms with Crippen molar-refractivity contribution >= 4 is 28.8 Å². The number of rotatable bonds is 10. The summed E-state index contributed by atoms with van der Waals surface area (Å²) in [5.74, 6) is 0.586. The number of nitrogens with zero attached hydrogens (tertiary/aromatic N) is 3. The van der Waals surface area contributed by atoms with Crippen molar-refractivity contribution in [2.24, 2.45) is 4.99 Å². The van der Waals surface area contributed by atoms with E-state index >= 15 is 0 Å². The van der Waals surface area contributed by atoms with Crippen molar-refractivity contribution in [2.45, 2.75) is 32.2 Å². The molecule has 0 radical (unpaired) electrons. The van der Waals surface area contributed by atoms with Crippen LogP contribution in [0.3, 0.4) is 0 Å². The number of amides is 1. The first-order chi connectivity index (χ1) is 18.0. The highest BCUT2D eigenvalue weighted by molar-refractivity contribution is 8.16. The Bertz CT molecular complexity index is 1260. The van der Waals surface area contributed by atoms with Crippen molar-refractivity contribution < 1.29 is 23.8 Å². The van der Waals surface area contributed by atoms with Gasteiger partial charge in [-0.1, -0.05) is 24.8 Å². The van der Waals surface area contributed by atoms with Crippen LogP contribution < -0.4 is 14.8 Å². The maximum absolute atomic E-state index is 13.1. The smallest absolute Gasteiger partial charge is 0.338 e. The van der Waals surface area contributed by atoms with Crippen molar-refractivity contribution in [1.82, 2.24) is 15.2 Å². The molecule has 1 N–H and O–H groups in total. The van der Waals surface area contributed by atoms with Crippen LogP contribution in [-0.2, 0) is 20.7 Å². The third-order valence-electron chi connectivity index (χ3n) is 6.13. The Morgan fingerprint density at radius 2 is 1.97 bits per heavy atom. The van der Waals surface area contributed by atoms with Crippen molar-refractivity contribution in [2.75, 3.05) is 27.9 Å². The van der Waals surface area contributed by atoms with Gasteiger partial charge >= 0.3 is 5.97 Å². The number of allylic oxidation sites excluding steroid dienone is 1. The molecule has 0 saturated carbocycles. The molecule has 0 spiro atoms. The van der Waals surface area contributed by atoms with Gasteiger partial charge in [-0.3, -0.25) is 9.78 Å². The van der Waals surface area contributed by atoms with E-state index in [9.17, 15) is 9.59 Å². The molecule has 10 heteroatoms. The fourth-order valence-electron chi connectivity index (χ4n) is 4.36. The molecule has 1 aromatic heterocycles. The maximum Gasteiger partial charge on any atom is 0.338 e. The van der Waals surface area contributed by atoms with E-state index < -0.39 is 12.0 Å². The zero-order chi connectivity index (χ0) is 26.4. The van der Waals surface area contributed by atoms with Crippen LogP contribution in [0.2, 0.25) is 0 Å². The van der Waals surface area contributed by atoms with Crippen LogP contribution in [-0.4, -0.2) is 54.8 Å². The van der Waals surface area contributed by atoms with E-state index in [0.29, 0.717) is 52.9 Å². The number of esters is 1. The Morgan fingerprint density at radius 1 is 1.14 bits per heavy atom. The second-order valence-electron chi connectivity index (χ2n) is 8.31. The zero-order valence-corrected chi connectivity index (χ0v) is 22.1. The van der Waals surface area contributed by atoms with E-state index in [1.165, 1.54) is 18.9 Å². The van der Waals surface area contributed by atoms with Crippen LogP contribution in [0.25, 0.3) is 0 Å². The lowest BCUT2D eigenvalue weighted by Gasteiger charge is -2.37. The topological polar surface area (TPSA) is 102 Å². The molecule has 2 aliphatic rings. The molecule has 1 atom stereocenters. The Labute approximate surface area is 220 Å². The lowest BCUT2D eigenvalue weighted by molar-refractivity contribution is -0.136. The van der Waals surface area contributed by atoms with Crippen LogP contribution in [0.15, 0.2) is 70.0 Å². The van der Waals surface area contributed by atoms with Gasteiger partial charge in [0, 0.05) is 36.1 Å². The summed E-state index contributed by atoms with van der Waals surface area (Å²) in [5.41, 5.74) is 3.39. The molecular formula is C27H30N4O5S. The number of pyridine rings is 1. The highest BCUT2D eigenvalue weighted by Crippen LogP contribution is 2.48. The number of hydrogen-bond acceptors (Lipinski definition) is 9. The van der Waals surface area contributed by atoms with Gasteiger partial charge in [0.2, 0.25) is 5.91 Å². The number of amidine groups is 1. The first-order valence-corrected chi connectivity index (χ1v) is 12.8. The summed E-state index contributed by atoms with van der Waals surface area (Å²) < 4.78 is 16.3. The second kappa shape index (κ2) is 12.0. The number of nitrogens with one attached hydrogen (secondary N) is 1. The fraction of sp³-hybridized carbons (Fsp3) is 0.333. The molecule has 4 rings (SSSR count). The molecule has 3 heterocycles. The standard InChI is InChI=1S/C27H30N4O5S/c1-5-21-24(26(33)36-4)25(20-15-19(34-2)9-10-22(20)35-3)31-18(16-37-27(31)30-21)14-23(32)29-13-11-17-8-6-7-12-28-17/h6-10,12,15-16,25H,5,11,13-14H2,1-4H3,(H,29,32)/t25-/m0/s1. The first-order valence-electron chi connectivity index (χ1n) is 11.9. The van der Waals surface area contributed by atoms with Crippen LogP contribution in [0.5, 0.6) is 11.5 Å². The molecule has 1 aromatic carbocycles. The van der Waals surface area contributed by atoms with E-state index in [-0.39, 0.29) is 12.3 Å². The predicted molar refractivity (Wildman–Crippen MR) is 142 cm³/mol. The van der Waals surface area contributed by atoms with Gasteiger partial charge in [-0.15, -0.1) is 0 Å². The number of benzene rings is 1. The van der Waals surface area contributed by atoms with Crippen molar-refractivity contribution in [1.29, 1.82) is 0 Å². The van der Waals surface area contributed by atoms with Crippen molar-refractivity contribution in [3.05, 3.63) is 76.2 Å². The molecule has 0 saturated heterocycles. The molecule has 2 aromatic rings. The molecule has 0 fully saturated rings. The minimum atomic E-state index is -0.609. The molecule has 0 unspecified atom stereocenters. The average molecular weight is 523 g/mol. The number of aliphatic imine (C=N–C) groups is 1. The third kappa shape index (κ3) is 5.64. The van der Waals surface area contributed by atoms with Crippen LogP contribution in [0.1, 0.15) is 37.1 Å². The van der Waals surface area contributed by atoms with Crippen LogP contribution >= 0.6 is 11.8 Å². The van der Waals surface area contributed by atoms with Gasteiger partial charge in [-0.2, -0.15) is 0 Å². The van der Waals surface area contributed by atoms with Gasteiger partial charge in [-0.05, 0) is 42.2 Å². The monoisotopic (exact) mass is 522 g/mol. The SMILES string of the molecule is CCC1=C(C(=O)OC)[C@H](c2cc(OC)ccc2OC)N2C(CC(=O)NCCc3ccccn3)=CSC2=N1. The lowest BCUT2D eigenvalue weighted by Crippen LogP contribution is -2.38. The Balaban J connectivity index is 1.65. The van der Waals surface area contributed by atoms with Gasteiger partial charge in [0.15, 0.2) is 5.17 Å². The molecule has 1 amide bonds. The highest BCUT2D eigenvalue weighted by Gasteiger charge is 2.42. The predicted octanol–water partition coefficient (Wildman–Crippen LogP) is 3.99. The Kier molecular flexibility index (Phi) is 8.50. The number of fused-ring (bicyclic) bond motifs is 1. The number of hydrogen-bond donors (Lipinski definition) is 1. The summed E-state index contributed by atoms with van der Waals surface area (Å²) in [4.78, 5) is 37.0. The largest absolute Gasteiger partial charge is 0.497 e. The maximum atomic E-state index is 13.1. The summed E-state index contributed by atoms with van der Waals surface area (Å²) in [6.45, 7) is 2.42. The van der Waals surface area contributed by atoms with Gasteiger partial charge in [0.05, 0.1) is 45.1 Å². The van der Waals surface area contributed by atoms with Gasteiger partial charge < -0.3 is 24.4 Å². The zero-order valence-electron chi connectivity index (χ0n) is 21.3. The number of carbonyl (C=O) groups is 2. The quantitative estimate of drug-likeness (QED) is 0.468. The Hall–Kier alpha value is -3.79. The molecule has 9 nitrogen and oxygen atoms in total. The van der Waals surface area contributed by atoms with E-state index in [4.69, 9.17) is 19.2 Å². The average Bonchev–Trinajstić information content (AvgIpc) is 3.33. The first kappa shape index (κ1) is 26.3. The third-order valence-corrected chi connectivity index (χ3v) is 7.02. The minimum Gasteiger partial charge on any atom is -0.497 e. The summed E-state index contributed by atoms with van der Waals surface area (Å²) >= 11 is 1.42. The van der Waals surface area contributed by atoms with E-state index in [1.807, 2.05) is 41.5 Å². The summed E-state index contributed by atoms with van der Waals surface area (Å²) in [7, 11) is 4.52. The molecule has 0 aliphatic carbocycles. The number of methoxy groups -OCH3 is 3. The molecular weight excluding hydrogens is 492 g/mol. The van der Waals surface area contributed by atoms with Gasteiger partial charge in [-0.25, -0.2) is 9.79 Å². The summed E-state index contributed by atoms with van der Waals surface area (Å²) in [6, 6.07) is 10.5. The summed E-state index contributed by atoms with van der Waals surface area (Å²) in [5, 5.41) is 5.57.